The second-order valence-electron chi connectivity index (χ2n) is 6.27. The highest BCUT2D eigenvalue weighted by atomic mass is 16.2. The summed E-state index contributed by atoms with van der Waals surface area (Å²) in [4.78, 5) is 32.4. The molecule has 0 spiro atoms. The summed E-state index contributed by atoms with van der Waals surface area (Å²) in [7, 11) is 0. The van der Waals surface area contributed by atoms with E-state index in [-0.39, 0.29) is 23.8 Å². The first-order valence-corrected chi connectivity index (χ1v) is 8.12. The molecule has 118 valence electrons. The Morgan fingerprint density at radius 1 is 1.14 bits per heavy atom. The van der Waals surface area contributed by atoms with Gasteiger partial charge in [-0.3, -0.25) is 14.6 Å². The molecule has 0 aromatic carbocycles. The standard InChI is InChI=1S/C17H23N3O2/c1-13(21)19-10-2-4-15(12-19)17(22)20-11-3-5-16(20)14-6-8-18-9-7-14/h6-9,15-16H,2-5,10-12H2,1H3. The van der Waals surface area contributed by atoms with Crippen molar-refractivity contribution < 1.29 is 9.59 Å². The fraction of sp³-hybridized carbons (Fsp3) is 0.588. The highest BCUT2D eigenvalue weighted by molar-refractivity contribution is 5.81. The van der Waals surface area contributed by atoms with Gasteiger partial charge in [-0.05, 0) is 43.4 Å². The van der Waals surface area contributed by atoms with Crippen LogP contribution in [-0.4, -0.2) is 46.2 Å². The molecule has 2 aliphatic heterocycles. The molecule has 2 unspecified atom stereocenters. The van der Waals surface area contributed by atoms with E-state index in [1.165, 1.54) is 5.56 Å². The maximum Gasteiger partial charge on any atom is 0.227 e. The van der Waals surface area contributed by atoms with Crippen LogP contribution in [0.3, 0.4) is 0 Å². The minimum atomic E-state index is -0.0416. The molecule has 3 heterocycles. The SMILES string of the molecule is CC(=O)N1CCCC(C(=O)N2CCCC2c2ccncc2)C1. The molecule has 2 aliphatic rings. The molecule has 2 amide bonds. The summed E-state index contributed by atoms with van der Waals surface area (Å²) in [6.07, 6.45) is 7.44. The van der Waals surface area contributed by atoms with E-state index < -0.39 is 0 Å². The minimum Gasteiger partial charge on any atom is -0.342 e. The van der Waals surface area contributed by atoms with Gasteiger partial charge in [-0.1, -0.05) is 0 Å². The molecule has 0 bridgehead atoms. The van der Waals surface area contributed by atoms with Crippen LogP contribution in [0, 0.1) is 5.92 Å². The molecule has 5 heteroatoms. The zero-order chi connectivity index (χ0) is 15.5. The average Bonchev–Trinajstić information content (AvgIpc) is 3.04. The quantitative estimate of drug-likeness (QED) is 0.839. The van der Waals surface area contributed by atoms with Crippen LogP contribution in [0.5, 0.6) is 0 Å². The largest absolute Gasteiger partial charge is 0.342 e. The van der Waals surface area contributed by atoms with Crippen LogP contribution in [0.4, 0.5) is 0 Å². The van der Waals surface area contributed by atoms with E-state index in [9.17, 15) is 9.59 Å². The van der Waals surface area contributed by atoms with Gasteiger partial charge in [0.25, 0.3) is 0 Å². The Morgan fingerprint density at radius 2 is 1.86 bits per heavy atom. The predicted octanol–water partition coefficient (Wildman–Crippen LogP) is 2.00. The van der Waals surface area contributed by atoms with Crippen molar-refractivity contribution >= 4 is 11.8 Å². The molecule has 0 saturated carbocycles. The van der Waals surface area contributed by atoms with Crippen molar-refractivity contribution in [3.05, 3.63) is 30.1 Å². The van der Waals surface area contributed by atoms with Crippen LogP contribution >= 0.6 is 0 Å². The van der Waals surface area contributed by atoms with Crippen molar-refractivity contribution in [3.8, 4) is 0 Å². The maximum atomic E-state index is 12.9. The normalized spacial score (nSPS) is 25.3. The molecule has 3 rings (SSSR count). The second-order valence-corrected chi connectivity index (χ2v) is 6.27. The lowest BCUT2D eigenvalue weighted by atomic mass is 9.95. The predicted molar refractivity (Wildman–Crippen MR) is 82.9 cm³/mol. The van der Waals surface area contributed by atoms with Gasteiger partial charge < -0.3 is 9.80 Å². The van der Waals surface area contributed by atoms with Crippen LogP contribution in [0.2, 0.25) is 0 Å². The van der Waals surface area contributed by atoms with Gasteiger partial charge in [0.2, 0.25) is 11.8 Å². The summed E-state index contributed by atoms with van der Waals surface area (Å²) in [5.41, 5.74) is 1.17. The number of hydrogen-bond acceptors (Lipinski definition) is 3. The highest BCUT2D eigenvalue weighted by Gasteiger charge is 2.36. The summed E-state index contributed by atoms with van der Waals surface area (Å²) in [6, 6.07) is 4.17. The first-order valence-electron chi connectivity index (χ1n) is 8.12. The summed E-state index contributed by atoms with van der Waals surface area (Å²) >= 11 is 0. The van der Waals surface area contributed by atoms with Crippen molar-refractivity contribution in [2.24, 2.45) is 5.92 Å². The number of rotatable bonds is 2. The van der Waals surface area contributed by atoms with Gasteiger partial charge in [-0.25, -0.2) is 0 Å². The molecule has 1 aromatic rings. The third kappa shape index (κ3) is 2.98. The lowest BCUT2D eigenvalue weighted by Crippen LogP contribution is -2.46. The van der Waals surface area contributed by atoms with Crippen molar-refractivity contribution in [1.29, 1.82) is 0 Å². The van der Waals surface area contributed by atoms with Gasteiger partial charge in [-0.15, -0.1) is 0 Å². The Hall–Kier alpha value is -1.91. The third-order valence-electron chi connectivity index (χ3n) is 4.84. The van der Waals surface area contributed by atoms with Crippen LogP contribution in [0.15, 0.2) is 24.5 Å². The molecular formula is C17H23N3O2. The summed E-state index contributed by atoms with van der Waals surface area (Å²) in [6.45, 7) is 3.77. The number of aromatic nitrogens is 1. The van der Waals surface area contributed by atoms with E-state index in [1.54, 1.807) is 19.3 Å². The smallest absolute Gasteiger partial charge is 0.227 e. The number of carbonyl (C=O) groups is 2. The van der Waals surface area contributed by atoms with E-state index in [2.05, 4.69) is 4.98 Å². The van der Waals surface area contributed by atoms with Gasteiger partial charge >= 0.3 is 0 Å². The highest BCUT2D eigenvalue weighted by Crippen LogP contribution is 2.34. The lowest BCUT2D eigenvalue weighted by Gasteiger charge is -2.35. The molecule has 0 radical (unpaired) electrons. The number of nitrogens with zero attached hydrogens (tertiary/aromatic N) is 3. The first-order chi connectivity index (χ1) is 10.7. The van der Waals surface area contributed by atoms with E-state index in [0.717, 1.165) is 38.8 Å². The minimum absolute atomic E-state index is 0.0416. The van der Waals surface area contributed by atoms with E-state index in [4.69, 9.17) is 0 Å². The molecule has 1 aromatic heterocycles. The average molecular weight is 301 g/mol. The number of hydrogen-bond donors (Lipinski definition) is 0. The van der Waals surface area contributed by atoms with Crippen LogP contribution < -0.4 is 0 Å². The van der Waals surface area contributed by atoms with Gasteiger partial charge in [0, 0.05) is 39.0 Å². The van der Waals surface area contributed by atoms with Crippen LogP contribution in [-0.2, 0) is 9.59 Å². The van der Waals surface area contributed by atoms with E-state index in [0.29, 0.717) is 6.54 Å². The zero-order valence-corrected chi connectivity index (χ0v) is 13.1. The van der Waals surface area contributed by atoms with Gasteiger partial charge in [0.1, 0.15) is 0 Å². The van der Waals surface area contributed by atoms with Crippen LogP contribution in [0.25, 0.3) is 0 Å². The molecule has 2 saturated heterocycles. The molecule has 5 nitrogen and oxygen atoms in total. The summed E-state index contributed by atoms with van der Waals surface area (Å²) < 4.78 is 0. The first kappa shape index (κ1) is 15.0. The molecular weight excluding hydrogens is 278 g/mol. The lowest BCUT2D eigenvalue weighted by molar-refractivity contribution is -0.140. The number of pyridine rings is 1. The monoisotopic (exact) mass is 301 g/mol. The topological polar surface area (TPSA) is 53.5 Å². The second kappa shape index (κ2) is 6.46. The molecule has 2 fully saturated rings. The number of piperidine rings is 1. The van der Waals surface area contributed by atoms with Gasteiger partial charge in [-0.2, -0.15) is 0 Å². The van der Waals surface area contributed by atoms with Crippen molar-refractivity contribution in [3.63, 3.8) is 0 Å². The van der Waals surface area contributed by atoms with Gasteiger partial charge in [0.05, 0.1) is 12.0 Å². The summed E-state index contributed by atoms with van der Waals surface area (Å²) in [5.74, 6) is 0.245. The van der Waals surface area contributed by atoms with E-state index in [1.807, 2.05) is 21.9 Å². The Morgan fingerprint density at radius 3 is 2.59 bits per heavy atom. The zero-order valence-electron chi connectivity index (χ0n) is 13.1. The van der Waals surface area contributed by atoms with E-state index >= 15 is 0 Å². The van der Waals surface area contributed by atoms with Crippen molar-refractivity contribution in [2.45, 2.75) is 38.6 Å². The number of amides is 2. The van der Waals surface area contributed by atoms with Crippen molar-refractivity contribution in [2.75, 3.05) is 19.6 Å². The Kier molecular flexibility index (Phi) is 4.41. The van der Waals surface area contributed by atoms with Crippen molar-refractivity contribution in [1.82, 2.24) is 14.8 Å². The molecule has 2 atom stereocenters. The summed E-state index contributed by atoms with van der Waals surface area (Å²) in [5, 5.41) is 0. The fourth-order valence-electron chi connectivity index (χ4n) is 3.66. The number of carbonyl (C=O) groups excluding carboxylic acids is 2. The Bertz CT molecular complexity index is 546. The Balaban J connectivity index is 1.72. The molecule has 0 aliphatic carbocycles. The number of likely N-dealkylation sites (tertiary alicyclic amines) is 2. The molecule has 22 heavy (non-hydrogen) atoms. The van der Waals surface area contributed by atoms with Crippen LogP contribution in [0.1, 0.15) is 44.2 Å². The maximum absolute atomic E-state index is 12.9. The fourth-order valence-corrected chi connectivity index (χ4v) is 3.66. The Labute approximate surface area is 131 Å². The van der Waals surface area contributed by atoms with Gasteiger partial charge in [0.15, 0.2) is 0 Å². The third-order valence-corrected chi connectivity index (χ3v) is 4.84. The molecule has 0 N–H and O–H groups in total.